The Morgan fingerprint density at radius 1 is 1.58 bits per heavy atom. The minimum absolute atomic E-state index is 0.208. The lowest BCUT2D eigenvalue weighted by atomic mass is 10.2. The van der Waals surface area contributed by atoms with Gasteiger partial charge in [0.1, 0.15) is 5.54 Å². The number of aryl methyl sites for hydroxylation is 1. The number of halogens is 2. The van der Waals surface area contributed by atoms with Crippen LogP contribution in [0.4, 0.5) is 8.78 Å². The highest BCUT2D eigenvalue weighted by atomic mass is 32.1. The fraction of sp³-hybridized carbons (Fsp3) is 0.500. The van der Waals surface area contributed by atoms with E-state index in [4.69, 9.17) is 5.73 Å². The molecular weight excluding hydrogens is 180 g/mol. The third-order valence-corrected chi connectivity index (χ3v) is 3.42. The lowest BCUT2D eigenvalue weighted by Gasteiger charge is -2.05. The van der Waals surface area contributed by atoms with Crippen LogP contribution in [-0.4, -0.2) is 5.92 Å². The molecule has 1 nitrogen and oxygen atoms in total. The number of nitrogens with two attached hydrogens (primary N) is 1. The van der Waals surface area contributed by atoms with E-state index in [1.165, 1.54) is 11.3 Å². The van der Waals surface area contributed by atoms with Crippen molar-refractivity contribution in [3.8, 4) is 0 Å². The van der Waals surface area contributed by atoms with Crippen LogP contribution in [0.5, 0.6) is 0 Å². The summed E-state index contributed by atoms with van der Waals surface area (Å²) in [7, 11) is 0. The van der Waals surface area contributed by atoms with Gasteiger partial charge in [-0.1, -0.05) is 0 Å². The molecule has 2 N–H and O–H groups in total. The second-order valence-corrected chi connectivity index (χ2v) is 4.25. The predicted octanol–water partition coefficient (Wildman–Crippen LogP) is 2.25. The molecule has 0 aliphatic heterocycles. The van der Waals surface area contributed by atoms with Gasteiger partial charge in [-0.3, -0.25) is 0 Å². The lowest BCUT2D eigenvalue weighted by molar-refractivity contribution is 0.0899. The van der Waals surface area contributed by atoms with Gasteiger partial charge in [0.05, 0.1) is 0 Å². The molecule has 12 heavy (non-hydrogen) atoms. The van der Waals surface area contributed by atoms with Crippen LogP contribution >= 0.6 is 11.3 Å². The predicted molar refractivity (Wildman–Crippen MR) is 44.5 cm³/mol. The van der Waals surface area contributed by atoms with Gasteiger partial charge >= 0.3 is 0 Å². The zero-order chi connectivity index (χ0) is 8.98. The molecule has 1 aliphatic carbocycles. The maximum Gasteiger partial charge on any atom is 0.273 e. The SMILES string of the molecule is Cc1csc(C2(N)CC2(F)F)c1. The number of hydrogen-bond acceptors (Lipinski definition) is 2. The summed E-state index contributed by atoms with van der Waals surface area (Å²) >= 11 is 1.32. The van der Waals surface area contributed by atoms with Crippen LogP contribution in [-0.2, 0) is 5.54 Å². The first-order valence-electron chi connectivity index (χ1n) is 3.68. The van der Waals surface area contributed by atoms with Gasteiger partial charge in [-0.2, -0.15) is 0 Å². The summed E-state index contributed by atoms with van der Waals surface area (Å²) in [5.74, 6) is -2.69. The van der Waals surface area contributed by atoms with E-state index in [9.17, 15) is 8.78 Å². The molecular formula is C8H9F2NS. The van der Waals surface area contributed by atoms with Crippen molar-refractivity contribution in [2.24, 2.45) is 5.73 Å². The summed E-state index contributed by atoms with van der Waals surface area (Å²) in [5, 5.41) is 1.85. The van der Waals surface area contributed by atoms with Crippen LogP contribution in [0.25, 0.3) is 0 Å². The van der Waals surface area contributed by atoms with E-state index < -0.39 is 11.5 Å². The van der Waals surface area contributed by atoms with E-state index in [1.807, 2.05) is 12.3 Å². The second kappa shape index (κ2) is 2.06. The molecule has 0 spiro atoms. The summed E-state index contributed by atoms with van der Waals surface area (Å²) in [6.07, 6.45) is -0.208. The highest BCUT2D eigenvalue weighted by Crippen LogP contribution is 2.58. The molecule has 0 saturated heterocycles. The van der Waals surface area contributed by atoms with E-state index in [1.54, 1.807) is 6.07 Å². The Morgan fingerprint density at radius 3 is 2.50 bits per heavy atom. The van der Waals surface area contributed by atoms with Gasteiger partial charge in [-0.25, -0.2) is 8.78 Å². The average Bonchev–Trinajstić information content (AvgIpc) is 2.37. The Balaban J connectivity index is 2.34. The molecule has 1 aromatic rings. The van der Waals surface area contributed by atoms with Crippen molar-refractivity contribution in [1.82, 2.24) is 0 Å². The zero-order valence-electron chi connectivity index (χ0n) is 6.60. The molecule has 1 aliphatic rings. The molecule has 0 radical (unpaired) electrons. The Kier molecular flexibility index (Phi) is 1.40. The summed E-state index contributed by atoms with van der Waals surface area (Å²) in [6, 6.07) is 1.74. The van der Waals surface area contributed by atoms with E-state index in [2.05, 4.69) is 0 Å². The zero-order valence-corrected chi connectivity index (χ0v) is 7.42. The third-order valence-electron chi connectivity index (χ3n) is 2.20. The van der Waals surface area contributed by atoms with Gasteiger partial charge in [-0.15, -0.1) is 11.3 Å². The number of thiophene rings is 1. The molecule has 1 aromatic heterocycles. The van der Waals surface area contributed by atoms with Gasteiger partial charge < -0.3 is 5.73 Å². The molecule has 0 aromatic carbocycles. The number of hydrogen-bond donors (Lipinski definition) is 1. The van der Waals surface area contributed by atoms with Crippen LogP contribution in [0, 0.1) is 6.92 Å². The Bertz CT molecular complexity index is 321. The maximum atomic E-state index is 12.8. The Hall–Kier alpha value is -0.480. The largest absolute Gasteiger partial charge is 0.316 e. The minimum Gasteiger partial charge on any atom is -0.316 e. The fourth-order valence-electron chi connectivity index (χ4n) is 1.24. The molecule has 2 rings (SSSR count). The normalized spacial score (nSPS) is 32.0. The van der Waals surface area contributed by atoms with E-state index in [0.29, 0.717) is 4.88 Å². The van der Waals surface area contributed by atoms with Gasteiger partial charge in [-0.05, 0) is 23.9 Å². The van der Waals surface area contributed by atoms with Crippen LogP contribution in [0.2, 0.25) is 0 Å². The average molecular weight is 189 g/mol. The minimum atomic E-state index is -2.69. The first kappa shape index (κ1) is 8.13. The monoisotopic (exact) mass is 189 g/mol. The highest BCUT2D eigenvalue weighted by Gasteiger charge is 2.70. The van der Waals surface area contributed by atoms with Gasteiger partial charge in [0, 0.05) is 11.3 Å². The molecule has 4 heteroatoms. The molecule has 66 valence electrons. The summed E-state index contributed by atoms with van der Waals surface area (Å²) in [6.45, 7) is 1.88. The lowest BCUT2D eigenvalue weighted by Crippen LogP contribution is -2.25. The maximum absolute atomic E-state index is 12.8. The van der Waals surface area contributed by atoms with Crippen molar-refractivity contribution >= 4 is 11.3 Å². The van der Waals surface area contributed by atoms with Crippen LogP contribution in [0.15, 0.2) is 11.4 Å². The fourth-order valence-corrected chi connectivity index (χ4v) is 2.31. The summed E-state index contributed by atoms with van der Waals surface area (Å²) in [4.78, 5) is 0.602. The molecule has 1 heterocycles. The highest BCUT2D eigenvalue weighted by molar-refractivity contribution is 7.10. The molecule has 1 fully saturated rings. The van der Waals surface area contributed by atoms with Crippen molar-refractivity contribution in [2.75, 3.05) is 0 Å². The summed E-state index contributed by atoms with van der Waals surface area (Å²) in [5.41, 5.74) is 5.17. The van der Waals surface area contributed by atoms with E-state index >= 15 is 0 Å². The van der Waals surface area contributed by atoms with Crippen LogP contribution in [0.3, 0.4) is 0 Å². The Morgan fingerprint density at radius 2 is 2.17 bits per heavy atom. The van der Waals surface area contributed by atoms with Crippen molar-refractivity contribution in [1.29, 1.82) is 0 Å². The number of alkyl halides is 2. The van der Waals surface area contributed by atoms with Gasteiger partial charge in [0.25, 0.3) is 5.92 Å². The summed E-state index contributed by atoms with van der Waals surface area (Å²) < 4.78 is 25.5. The quantitative estimate of drug-likeness (QED) is 0.720. The smallest absolute Gasteiger partial charge is 0.273 e. The second-order valence-electron chi connectivity index (χ2n) is 3.34. The molecule has 0 bridgehead atoms. The number of rotatable bonds is 1. The van der Waals surface area contributed by atoms with Crippen molar-refractivity contribution in [3.63, 3.8) is 0 Å². The van der Waals surface area contributed by atoms with Gasteiger partial charge in [0.15, 0.2) is 0 Å². The standard InChI is InChI=1S/C8H9F2NS/c1-5-2-6(12-3-5)7(11)4-8(7,9)10/h2-3H,4,11H2,1H3. The first-order valence-corrected chi connectivity index (χ1v) is 4.56. The molecule has 1 unspecified atom stereocenters. The molecule has 0 amide bonds. The first-order chi connectivity index (χ1) is 5.46. The molecule has 1 saturated carbocycles. The van der Waals surface area contributed by atoms with Gasteiger partial charge in [0.2, 0.25) is 0 Å². The Labute approximate surface area is 73.2 Å². The van der Waals surface area contributed by atoms with Crippen molar-refractivity contribution < 1.29 is 8.78 Å². The van der Waals surface area contributed by atoms with Crippen molar-refractivity contribution in [3.05, 3.63) is 21.9 Å². The topological polar surface area (TPSA) is 26.0 Å². The third kappa shape index (κ3) is 0.912. The van der Waals surface area contributed by atoms with Crippen LogP contribution in [0.1, 0.15) is 16.9 Å². The van der Waals surface area contributed by atoms with E-state index in [-0.39, 0.29) is 6.42 Å². The van der Waals surface area contributed by atoms with Crippen molar-refractivity contribution in [2.45, 2.75) is 24.8 Å². The molecule has 1 atom stereocenters. The van der Waals surface area contributed by atoms with E-state index in [0.717, 1.165) is 5.56 Å². The van der Waals surface area contributed by atoms with Crippen LogP contribution < -0.4 is 5.73 Å².